The summed E-state index contributed by atoms with van der Waals surface area (Å²) in [5.74, 6) is 0.773. The third-order valence-corrected chi connectivity index (χ3v) is 5.91. The number of H-pyrrole nitrogens is 1. The standard InChI is InChI=1S/C23H22N2O5/c1-3-20(26)25-17(23(27)28-2)11-15-14-6-4-5-7-16(14)24-21(15)22(25)13-8-9-18-19(10-13)30-12-29-18/h4-10,17,22,24H,3,11-12H2,1-2H3/t17-,22-/m1/s1. The van der Waals surface area contributed by atoms with Crippen LogP contribution in [0.3, 0.4) is 0 Å². The summed E-state index contributed by atoms with van der Waals surface area (Å²) >= 11 is 0. The zero-order valence-electron chi connectivity index (χ0n) is 16.8. The number of aromatic amines is 1. The predicted molar refractivity (Wildman–Crippen MR) is 109 cm³/mol. The molecule has 3 heterocycles. The molecule has 1 amide bonds. The Morgan fingerprint density at radius 1 is 1.17 bits per heavy atom. The van der Waals surface area contributed by atoms with Crippen LogP contribution in [0.1, 0.15) is 36.2 Å². The fourth-order valence-electron chi connectivity index (χ4n) is 4.53. The molecule has 2 aromatic carbocycles. The summed E-state index contributed by atoms with van der Waals surface area (Å²) in [6, 6.07) is 12.5. The Bertz CT molecular complexity index is 1150. The third-order valence-electron chi connectivity index (χ3n) is 5.91. The highest BCUT2D eigenvalue weighted by Crippen LogP contribution is 2.44. The number of hydrogen-bond donors (Lipinski definition) is 1. The van der Waals surface area contributed by atoms with Gasteiger partial charge in [-0.05, 0) is 29.3 Å². The third kappa shape index (κ3) is 2.73. The van der Waals surface area contributed by atoms with Crippen molar-refractivity contribution in [2.75, 3.05) is 13.9 Å². The predicted octanol–water partition coefficient (Wildman–Crippen LogP) is 3.32. The first-order chi connectivity index (χ1) is 14.6. The molecule has 1 aromatic heterocycles. The number of esters is 1. The number of rotatable bonds is 3. The Morgan fingerprint density at radius 2 is 1.97 bits per heavy atom. The van der Waals surface area contributed by atoms with E-state index in [1.807, 2.05) is 42.5 Å². The van der Waals surface area contributed by atoms with Crippen molar-refractivity contribution in [3.05, 3.63) is 59.3 Å². The highest BCUT2D eigenvalue weighted by molar-refractivity contribution is 5.90. The van der Waals surface area contributed by atoms with Gasteiger partial charge in [0.15, 0.2) is 11.5 Å². The van der Waals surface area contributed by atoms with Gasteiger partial charge in [0.25, 0.3) is 0 Å². The summed E-state index contributed by atoms with van der Waals surface area (Å²) in [5.41, 5.74) is 3.77. The van der Waals surface area contributed by atoms with Crippen LogP contribution in [0.25, 0.3) is 10.9 Å². The maximum absolute atomic E-state index is 13.1. The van der Waals surface area contributed by atoms with Gasteiger partial charge in [0.05, 0.1) is 13.2 Å². The number of carbonyl (C=O) groups excluding carboxylic acids is 2. The van der Waals surface area contributed by atoms with Crippen LogP contribution in [-0.2, 0) is 20.7 Å². The van der Waals surface area contributed by atoms with E-state index in [4.69, 9.17) is 14.2 Å². The molecule has 154 valence electrons. The second-order valence-electron chi connectivity index (χ2n) is 7.48. The smallest absolute Gasteiger partial charge is 0.328 e. The van der Waals surface area contributed by atoms with E-state index in [0.717, 1.165) is 27.7 Å². The van der Waals surface area contributed by atoms with Gasteiger partial charge in [0, 0.05) is 29.4 Å². The van der Waals surface area contributed by atoms with Gasteiger partial charge in [0.2, 0.25) is 12.7 Å². The number of carbonyl (C=O) groups is 2. The molecule has 0 saturated carbocycles. The molecule has 0 fully saturated rings. The molecule has 2 aliphatic rings. The van der Waals surface area contributed by atoms with Crippen molar-refractivity contribution in [3.63, 3.8) is 0 Å². The molecule has 0 radical (unpaired) electrons. The van der Waals surface area contributed by atoms with Gasteiger partial charge >= 0.3 is 5.97 Å². The topological polar surface area (TPSA) is 80.9 Å². The number of fused-ring (bicyclic) bond motifs is 4. The number of nitrogens with zero attached hydrogens (tertiary/aromatic N) is 1. The summed E-state index contributed by atoms with van der Waals surface area (Å²) in [4.78, 5) is 31.0. The highest BCUT2D eigenvalue weighted by Gasteiger charge is 2.43. The first-order valence-corrected chi connectivity index (χ1v) is 10.0. The molecule has 0 bridgehead atoms. The number of ether oxygens (including phenoxy) is 3. The lowest BCUT2D eigenvalue weighted by Gasteiger charge is -2.41. The number of hydrogen-bond acceptors (Lipinski definition) is 5. The molecule has 0 spiro atoms. The van der Waals surface area contributed by atoms with Crippen molar-refractivity contribution >= 4 is 22.8 Å². The van der Waals surface area contributed by atoms with E-state index in [2.05, 4.69) is 4.98 Å². The van der Waals surface area contributed by atoms with E-state index in [1.54, 1.807) is 11.8 Å². The minimum Gasteiger partial charge on any atom is -0.467 e. The number of amides is 1. The Kier molecular flexibility index (Phi) is 4.38. The van der Waals surface area contributed by atoms with Crippen molar-refractivity contribution in [1.29, 1.82) is 0 Å². The van der Waals surface area contributed by atoms with Gasteiger partial charge in [-0.15, -0.1) is 0 Å². The highest BCUT2D eigenvalue weighted by atomic mass is 16.7. The maximum Gasteiger partial charge on any atom is 0.328 e. The van der Waals surface area contributed by atoms with E-state index < -0.39 is 18.1 Å². The van der Waals surface area contributed by atoms with E-state index in [0.29, 0.717) is 17.9 Å². The van der Waals surface area contributed by atoms with Gasteiger partial charge in [-0.25, -0.2) is 4.79 Å². The van der Waals surface area contributed by atoms with E-state index >= 15 is 0 Å². The van der Waals surface area contributed by atoms with Gasteiger partial charge in [-0.2, -0.15) is 0 Å². The molecule has 7 nitrogen and oxygen atoms in total. The summed E-state index contributed by atoms with van der Waals surface area (Å²) in [6.45, 7) is 1.97. The van der Waals surface area contributed by atoms with Crippen LogP contribution in [-0.4, -0.2) is 41.7 Å². The fraction of sp³-hybridized carbons (Fsp3) is 0.304. The van der Waals surface area contributed by atoms with E-state index in [9.17, 15) is 9.59 Å². The normalized spacial score (nSPS) is 19.6. The second kappa shape index (κ2) is 7.09. The lowest BCUT2D eigenvalue weighted by Crippen LogP contribution is -2.51. The molecule has 5 rings (SSSR count). The largest absolute Gasteiger partial charge is 0.467 e. The SMILES string of the molecule is CCC(=O)N1[C@H](c2ccc3c(c2)OCO3)c2[nH]c3ccccc3c2C[C@@H]1C(=O)OC. The Morgan fingerprint density at radius 3 is 2.77 bits per heavy atom. The quantitative estimate of drug-likeness (QED) is 0.675. The summed E-state index contributed by atoms with van der Waals surface area (Å²) in [6.07, 6.45) is 0.683. The van der Waals surface area contributed by atoms with Gasteiger partial charge in [-0.3, -0.25) is 4.79 Å². The van der Waals surface area contributed by atoms with Crippen LogP contribution in [0.2, 0.25) is 0 Å². The summed E-state index contributed by atoms with van der Waals surface area (Å²) < 4.78 is 16.1. The number of para-hydroxylation sites is 1. The van der Waals surface area contributed by atoms with Crippen molar-refractivity contribution < 1.29 is 23.8 Å². The molecule has 2 aliphatic heterocycles. The zero-order valence-corrected chi connectivity index (χ0v) is 16.8. The first-order valence-electron chi connectivity index (χ1n) is 10.0. The molecule has 0 unspecified atom stereocenters. The van der Waals surface area contributed by atoms with Gasteiger partial charge < -0.3 is 24.1 Å². The molecular weight excluding hydrogens is 384 g/mol. The van der Waals surface area contributed by atoms with Crippen molar-refractivity contribution in [1.82, 2.24) is 9.88 Å². The van der Waals surface area contributed by atoms with Crippen LogP contribution in [0.15, 0.2) is 42.5 Å². The van der Waals surface area contributed by atoms with Crippen LogP contribution in [0, 0.1) is 0 Å². The summed E-state index contributed by atoms with van der Waals surface area (Å²) in [7, 11) is 1.36. The van der Waals surface area contributed by atoms with Gasteiger partial charge in [0.1, 0.15) is 6.04 Å². The molecule has 3 aromatic rings. The molecule has 1 N–H and O–H groups in total. The number of methoxy groups -OCH3 is 1. The minimum absolute atomic E-state index is 0.114. The van der Waals surface area contributed by atoms with Crippen molar-refractivity contribution in [2.24, 2.45) is 0 Å². The average molecular weight is 406 g/mol. The summed E-state index contributed by atoms with van der Waals surface area (Å²) in [5, 5.41) is 1.05. The Labute approximate surface area is 173 Å². The van der Waals surface area contributed by atoms with E-state index in [1.165, 1.54) is 7.11 Å². The minimum atomic E-state index is -0.704. The van der Waals surface area contributed by atoms with Crippen LogP contribution >= 0.6 is 0 Å². The van der Waals surface area contributed by atoms with Gasteiger partial charge in [-0.1, -0.05) is 31.2 Å². The van der Waals surface area contributed by atoms with E-state index in [-0.39, 0.29) is 19.1 Å². The molecular formula is C23H22N2O5. The molecule has 0 aliphatic carbocycles. The van der Waals surface area contributed by atoms with Crippen LogP contribution < -0.4 is 9.47 Å². The molecule has 0 saturated heterocycles. The number of benzene rings is 2. The maximum atomic E-state index is 13.1. The lowest BCUT2D eigenvalue weighted by atomic mass is 9.87. The number of nitrogens with one attached hydrogen (secondary N) is 1. The monoisotopic (exact) mass is 406 g/mol. The Balaban J connectivity index is 1.75. The Hall–Kier alpha value is -3.48. The van der Waals surface area contributed by atoms with Crippen LogP contribution in [0.5, 0.6) is 11.5 Å². The first kappa shape index (κ1) is 18.5. The second-order valence-corrected chi connectivity index (χ2v) is 7.48. The lowest BCUT2D eigenvalue weighted by molar-refractivity contribution is -0.155. The van der Waals surface area contributed by atoms with Crippen molar-refractivity contribution in [2.45, 2.75) is 31.8 Å². The average Bonchev–Trinajstić information content (AvgIpc) is 3.40. The zero-order chi connectivity index (χ0) is 20.8. The molecule has 2 atom stereocenters. The molecule has 7 heteroatoms. The number of aromatic nitrogens is 1. The fourth-order valence-corrected chi connectivity index (χ4v) is 4.53. The molecule has 30 heavy (non-hydrogen) atoms. The van der Waals surface area contributed by atoms with Crippen molar-refractivity contribution in [3.8, 4) is 11.5 Å². The van der Waals surface area contributed by atoms with Crippen LogP contribution in [0.4, 0.5) is 0 Å².